The monoisotopic (exact) mass is 636 g/mol. The molecular weight excluding hydrogens is 616 g/mol. The standard InChI is InChI=1S/C14H20O20S4/c1-28-14(15)12-4-9(29-5-10(33-37(22,23)24)7-31-35(16,17)18)2-3-13(12)30-6-11(34-38(25,26)27)8-32-36(19,20)21/h2-4,10-11H,5-8H2,1H3,(H,16,17,18)(H,19,20,21)(H,22,23,24)(H,25,26,27)/t10-,11-/m0/s1. The zero-order valence-corrected chi connectivity index (χ0v) is 21.9. The van der Waals surface area contributed by atoms with Crippen LogP contribution in [0.25, 0.3) is 0 Å². The number of carbonyl (C=O) groups excluding carboxylic acids is 1. The van der Waals surface area contributed by atoms with Crippen LogP contribution in [-0.4, -0.2) is 104 Å². The lowest BCUT2D eigenvalue weighted by Gasteiger charge is -2.18. The fourth-order valence-corrected chi connectivity index (χ4v) is 3.80. The molecule has 2 atom stereocenters. The van der Waals surface area contributed by atoms with Gasteiger partial charge in [0.2, 0.25) is 0 Å². The van der Waals surface area contributed by atoms with Crippen LogP contribution in [0.4, 0.5) is 0 Å². The van der Waals surface area contributed by atoms with E-state index in [0.717, 1.165) is 25.3 Å². The smallest absolute Gasteiger partial charge is 0.397 e. The first-order valence-corrected chi connectivity index (χ1v) is 14.7. The van der Waals surface area contributed by atoms with Crippen molar-refractivity contribution in [3.05, 3.63) is 23.8 Å². The number of methoxy groups -OCH3 is 1. The lowest BCUT2D eigenvalue weighted by Crippen LogP contribution is -2.31. The molecule has 0 fully saturated rings. The van der Waals surface area contributed by atoms with Crippen LogP contribution < -0.4 is 9.47 Å². The minimum Gasteiger partial charge on any atom is -0.491 e. The maximum Gasteiger partial charge on any atom is 0.397 e. The Labute approximate surface area is 216 Å². The van der Waals surface area contributed by atoms with Crippen molar-refractivity contribution in [1.29, 1.82) is 0 Å². The average Bonchev–Trinajstić information content (AvgIpc) is 2.74. The number of rotatable bonds is 17. The Morgan fingerprint density at radius 3 is 1.55 bits per heavy atom. The SMILES string of the molecule is COC(=O)c1cc(OC[C@@H](COS(=O)(=O)O)OS(=O)(=O)O)ccc1OC[C@@H](COS(=O)(=O)O)OS(=O)(=O)O. The van der Waals surface area contributed by atoms with Crippen molar-refractivity contribution in [2.75, 3.05) is 33.5 Å². The Morgan fingerprint density at radius 1 is 0.711 bits per heavy atom. The van der Waals surface area contributed by atoms with E-state index in [2.05, 4.69) is 21.5 Å². The van der Waals surface area contributed by atoms with Crippen LogP contribution in [0.2, 0.25) is 0 Å². The highest BCUT2D eigenvalue weighted by molar-refractivity contribution is 7.81. The molecule has 0 unspecified atom stereocenters. The summed E-state index contributed by atoms with van der Waals surface area (Å²) in [6.45, 7) is -4.03. The van der Waals surface area contributed by atoms with Crippen LogP contribution in [0, 0.1) is 0 Å². The predicted molar refractivity (Wildman–Crippen MR) is 117 cm³/mol. The van der Waals surface area contributed by atoms with E-state index >= 15 is 0 Å². The highest BCUT2D eigenvalue weighted by Gasteiger charge is 2.24. The first kappa shape index (κ1) is 33.8. The molecule has 0 aliphatic rings. The fourth-order valence-electron chi connectivity index (χ4n) is 2.24. The van der Waals surface area contributed by atoms with Crippen molar-refractivity contribution < 1.29 is 87.6 Å². The number of benzene rings is 1. The van der Waals surface area contributed by atoms with Crippen molar-refractivity contribution in [3.63, 3.8) is 0 Å². The van der Waals surface area contributed by atoms with Gasteiger partial charge in [0.05, 0.1) is 20.3 Å². The minimum absolute atomic E-state index is 0.242. The van der Waals surface area contributed by atoms with Gasteiger partial charge in [-0.1, -0.05) is 0 Å². The summed E-state index contributed by atoms with van der Waals surface area (Å²) in [5, 5.41) is 0. The van der Waals surface area contributed by atoms with E-state index < -0.39 is 91.8 Å². The minimum atomic E-state index is -5.16. The van der Waals surface area contributed by atoms with Crippen molar-refractivity contribution in [2.45, 2.75) is 12.2 Å². The maximum absolute atomic E-state index is 12.1. The Kier molecular flexibility index (Phi) is 12.2. The second-order valence-electron chi connectivity index (χ2n) is 6.49. The summed E-state index contributed by atoms with van der Waals surface area (Å²) >= 11 is 0. The zero-order valence-electron chi connectivity index (χ0n) is 18.7. The Morgan fingerprint density at radius 2 is 1.16 bits per heavy atom. The van der Waals surface area contributed by atoms with Crippen molar-refractivity contribution >= 4 is 47.6 Å². The molecule has 220 valence electrons. The Hall–Kier alpha value is -2.23. The van der Waals surface area contributed by atoms with E-state index in [1.54, 1.807) is 0 Å². The lowest BCUT2D eigenvalue weighted by atomic mass is 10.2. The highest BCUT2D eigenvalue weighted by atomic mass is 32.3. The van der Waals surface area contributed by atoms with E-state index in [9.17, 15) is 38.5 Å². The van der Waals surface area contributed by atoms with Crippen LogP contribution in [0.15, 0.2) is 18.2 Å². The summed E-state index contributed by atoms with van der Waals surface area (Å²) in [5.74, 6) is -1.68. The molecule has 0 aliphatic carbocycles. The molecule has 0 heterocycles. The normalized spacial score (nSPS) is 14.4. The van der Waals surface area contributed by atoms with E-state index in [1.165, 1.54) is 0 Å². The quantitative estimate of drug-likeness (QED) is 0.109. The van der Waals surface area contributed by atoms with Crippen molar-refractivity contribution in [1.82, 2.24) is 0 Å². The molecule has 20 nitrogen and oxygen atoms in total. The number of carbonyl (C=O) groups is 1. The van der Waals surface area contributed by atoms with Gasteiger partial charge in [-0.15, -0.1) is 0 Å². The zero-order chi connectivity index (χ0) is 29.4. The second kappa shape index (κ2) is 13.7. The largest absolute Gasteiger partial charge is 0.491 e. The summed E-state index contributed by atoms with van der Waals surface area (Å²) in [5.41, 5.74) is -0.423. The van der Waals surface area contributed by atoms with Gasteiger partial charge in [-0.2, -0.15) is 33.7 Å². The van der Waals surface area contributed by atoms with Crippen LogP contribution in [0.3, 0.4) is 0 Å². The van der Waals surface area contributed by atoms with E-state index in [4.69, 9.17) is 27.7 Å². The first-order chi connectivity index (χ1) is 17.2. The van der Waals surface area contributed by atoms with Crippen molar-refractivity contribution in [3.8, 4) is 11.5 Å². The van der Waals surface area contributed by atoms with Crippen molar-refractivity contribution in [2.24, 2.45) is 0 Å². The van der Waals surface area contributed by atoms with Gasteiger partial charge in [0.1, 0.15) is 42.5 Å². The molecule has 24 heteroatoms. The maximum atomic E-state index is 12.1. The molecule has 0 aromatic heterocycles. The van der Waals surface area contributed by atoms with Gasteiger partial charge in [0.15, 0.2) is 0 Å². The fraction of sp³-hybridized carbons (Fsp3) is 0.500. The summed E-state index contributed by atoms with van der Waals surface area (Å²) < 4.78 is 153. The van der Waals surface area contributed by atoms with Gasteiger partial charge in [-0.25, -0.2) is 21.5 Å². The molecule has 0 bridgehead atoms. The summed E-state index contributed by atoms with van der Waals surface area (Å²) in [7, 11) is -19.4. The van der Waals surface area contributed by atoms with E-state index in [1.807, 2.05) is 0 Å². The van der Waals surface area contributed by atoms with Crippen LogP contribution >= 0.6 is 0 Å². The van der Waals surface area contributed by atoms with E-state index in [0.29, 0.717) is 0 Å². The summed E-state index contributed by atoms with van der Waals surface area (Å²) in [4.78, 5) is 12.1. The molecule has 0 saturated heterocycles. The number of hydrogen-bond acceptors (Lipinski definition) is 16. The topological polar surface area (TPSA) is 299 Å². The predicted octanol–water partition coefficient (Wildman–Crippen LogP) is -1.75. The second-order valence-corrected chi connectivity index (χ2v) is 10.8. The molecule has 38 heavy (non-hydrogen) atoms. The Balaban J connectivity index is 3.09. The molecule has 4 N–H and O–H groups in total. The van der Waals surface area contributed by atoms with Gasteiger partial charge >= 0.3 is 47.6 Å². The van der Waals surface area contributed by atoms with Gasteiger partial charge in [0, 0.05) is 0 Å². The molecule has 1 rings (SSSR count). The van der Waals surface area contributed by atoms with Gasteiger partial charge in [0.25, 0.3) is 0 Å². The average molecular weight is 637 g/mol. The first-order valence-electron chi connectivity index (χ1n) is 9.20. The Bertz CT molecular complexity index is 1380. The third-order valence-electron chi connectivity index (χ3n) is 3.54. The number of hydrogen-bond donors (Lipinski definition) is 4. The van der Waals surface area contributed by atoms with Crippen LogP contribution in [0.5, 0.6) is 11.5 Å². The van der Waals surface area contributed by atoms with Crippen LogP contribution in [-0.2, 0) is 63.1 Å². The molecule has 0 spiro atoms. The third kappa shape index (κ3) is 15.2. The molecule has 0 radical (unpaired) electrons. The molecular formula is C14H20O20S4. The third-order valence-corrected chi connectivity index (χ3v) is 5.44. The molecule has 0 aliphatic heterocycles. The van der Waals surface area contributed by atoms with E-state index in [-0.39, 0.29) is 11.5 Å². The summed E-state index contributed by atoms with van der Waals surface area (Å²) in [6.07, 6.45) is -3.69. The van der Waals surface area contributed by atoms with Crippen LogP contribution in [0.1, 0.15) is 10.4 Å². The molecule has 1 aromatic carbocycles. The summed E-state index contributed by atoms with van der Waals surface area (Å²) in [6, 6.07) is 3.02. The van der Waals surface area contributed by atoms with Gasteiger partial charge < -0.3 is 14.2 Å². The number of ether oxygens (including phenoxy) is 3. The molecule has 0 saturated carbocycles. The van der Waals surface area contributed by atoms with Gasteiger partial charge in [-0.3, -0.25) is 18.2 Å². The molecule has 1 aromatic rings. The van der Waals surface area contributed by atoms with Gasteiger partial charge in [-0.05, 0) is 18.2 Å². The number of esters is 1. The highest BCUT2D eigenvalue weighted by Crippen LogP contribution is 2.26. The lowest BCUT2D eigenvalue weighted by molar-refractivity contribution is 0.0574. The molecule has 0 amide bonds.